The molecule has 1 unspecified atom stereocenters. The molecule has 0 heterocycles. The fourth-order valence-corrected chi connectivity index (χ4v) is 2.13. The number of thioether (sulfide) groups is 1. The van der Waals surface area contributed by atoms with Crippen LogP contribution in [0.3, 0.4) is 0 Å². The second-order valence-corrected chi connectivity index (χ2v) is 5.16. The Balaban J connectivity index is 2.16. The SMILES string of the molecule is CC(CCO)SCCOc1cccc(N)c1. The molecule has 0 aromatic heterocycles. The summed E-state index contributed by atoms with van der Waals surface area (Å²) in [6.45, 7) is 3.04. The lowest BCUT2D eigenvalue weighted by Crippen LogP contribution is -2.06. The zero-order valence-corrected chi connectivity index (χ0v) is 10.4. The second-order valence-electron chi connectivity index (χ2n) is 3.61. The molecule has 16 heavy (non-hydrogen) atoms. The lowest BCUT2D eigenvalue weighted by atomic mass is 10.3. The summed E-state index contributed by atoms with van der Waals surface area (Å²) in [5.74, 6) is 1.74. The average molecular weight is 241 g/mol. The van der Waals surface area contributed by atoms with Crippen molar-refractivity contribution in [2.45, 2.75) is 18.6 Å². The van der Waals surface area contributed by atoms with E-state index in [0.29, 0.717) is 11.9 Å². The van der Waals surface area contributed by atoms with Gasteiger partial charge in [-0.3, -0.25) is 0 Å². The lowest BCUT2D eigenvalue weighted by molar-refractivity contribution is 0.288. The number of hydrogen-bond acceptors (Lipinski definition) is 4. The summed E-state index contributed by atoms with van der Waals surface area (Å²) in [7, 11) is 0. The Bertz CT molecular complexity index is 307. The molecule has 3 nitrogen and oxygen atoms in total. The molecule has 0 amide bonds. The molecule has 1 aromatic rings. The molecular weight excluding hydrogens is 222 g/mol. The van der Waals surface area contributed by atoms with Gasteiger partial charge in [-0.2, -0.15) is 11.8 Å². The van der Waals surface area contributed by atoms with E-state index in [1.54, 1.807) is 0 Å². The van der Waals surface area contributed by atoms with Gasteiger partial charge in [0.05, 0.1) is 6.61 Å². The number of anilines is 1. The van der Waals surface area contributed by atoms with Crippen molar-refractivity contribution in [2.75, 3.05) is 24.7 Å². The highest BCUT2D eigenvalue weighted by Gasteiger charge is 2.01. The van der Waals surface area contributed by atoms with E-state index in [-0.39, 0.29) is 6.61 Å². The monoisotopic (exact) mass is 241 g/mol. The van der Waals surface area contributed by atoms with Crippen LogP contribution in [0.15, 0.2) is 24.3 Å². The molecule has 1 aromatic carbocycles. The molecular formula is C12H19NO2S. The van der Waals surface area contributed by atoms with E-state index < -0.39 is 0 Å². The second kappa shape index (κ2) is 7.41. The summed E-state index contributed by atoms with van der Waals surface area (Å²) in [5.41, 5.74) is 6.36. The van der Waals surface area contributed by atoms with Crippen molar-refractivity contribution in [3.63, 3.8) is 0 Å². The van der Waals surface area contributed by atoms with Crippen molar-refractivity contribution in [2.24, 2.45) is 0 Å². The van der Waals surface area contributed by atoms with E-state index in [1.165, 1.54) is 0 Å². The maximum atomic E-state index is 8.74. The van der Waals surface area contributed by atoms with Crippen LogP contribution in [-0.4, -0.2) is 29.3 Å². The van der Waals surface area contributed by atoms with Crippen LogP contribution >= 0.6 is 11.8 Å². The van der Waals surface area contributed by atoms with Gasteiger partial charge in [0.1, 0.15) is 5.75 Å². The first-order valence-electron chi connectivity index (χ1n) is 5.43. The van der Waals surface area contributed by atoms with E-state index in [1.807, 2.05) is 36.0 Å². The summed E-state index contributed by atoms with van der Waals surface area (Å²) in [5, 5.41) is 9.22. The third-order valence-corrected chi connectivity index (χ3v) is 3.36. The number of benzene rings is 1. The molecule has 0 aliphatic rings. The number of nitrogens with two attached hydrogens (primary N) is 1. The fraction of sp³-hybridized carbons (Fsp3) is 0.500. The molecule has 0 saturated heterocycles. The summed E-state index contributed by atoms with van der Waals surface area (Å²) in [6, 6.07) is 7.44. The molecule has 4 heteroatoms. The van der Waals surface area contributed by atoms with Crippen molar-refractivity contribution >= 4 is 17.4 Å². The molecule has 1 atom stereocenters. The normalized spacial score (nSPS) is 12.4. The molecule has 0 saturated carbocycles. The third kappa shape index (κ3) is 5.28. The highest BCUT2D eigenvalue weighted by molar-refractivity contribution is 7.99. The van der Waals surface area contributed by atoms with Gasteiger partial charge in [0, 0.05) is 29.4 Å². The lowest BCUT2D eigenvalue weighted by Gasteiger charge is -2.10. The van der Waals surface area contributed by atoms with Gasteiger partial charge in [-0.1, -0.05) is 13.0 Å². The first-order valence-corrected chi connectivity index (χ1v) is 6.48. The standard InChI is InChI=1S/C12H19NO2S/c1-10(5-6-14)16-8-7-15-12-4-2-3-11(13)9-12/h2-4,9-10,14H,5-8,13H2,1H3. The van der Waals surface area contributed by atoms with Crippen LogP contribution in [0, 0.1) is 0 Å². The third-order valence-electron chi connectivity index (χ3n) is 2.15. The Kier molecular flexibility index (Phi) is 6.11. The molecule has 1 rings (SSSR count). The van der Waals surface area contributed by atoms with Gasteiger partial charge < -0.3 is 15.6 Å². The predicted molar refractivity (Wildman–Crippen MR) is 70.0 cm³/mol. The maximum Gasteiger partial charge on any atom is 0.121 e. The summed E-state index contributed by atoms with van der Waals surface area (Å²) < 4.78 is 5.55. The van der Waals surface area contributed by atoms with E-state index in [4.69, 9.17) is 15.6 Å². The Morgan fingerprint density at radius 1 is 1.50 bits per heavy atom. The first kappa shape index (κ1) is 13.2. The van der Waals surface area contributed by atoms with E-state index in [2.05, 4.69) is 6.92 Å². The van der Waals surface area contributed by atoms with Crippen LogP contribution in [0.25, 0.3) is 0 Å². The number of ether oxygens (including phenoxy) is 1. The van der Waals surface area contributed by atoms with Crippen molar-refractivity contribution < 1.29 is 9.84 Å². The summed E-state index contributed by atoms with van der Waals surface area (Å²) in [6.07, 6.45) is 0.836. The van der Waals surface area contributed by atoms with Gasteiger partial charge in [-0.25, -0.2) is 0 Å². The minimum atomic E-state index is 0.254. The Hall–Kier alpha value is -0.870. The highest BCUT2D eigenvalue weighted by Crippen LogP contribution is 2.16. The largest absolute Gasteiger partial charge is 0.493 e. The Morgan fingerprint density at radius 2 is 2.31 bits per heavy atom. The smallest absolute Gasteiger partial charge is 0.121 e. The summed E-state index contributed by atoms with van der Waals surface area (Å²) >= 11 is 1.81. The molecule has 0 fully saturated rings. The minimum Gasteiger partial charge on any atom is -0.493 e. The number of aliphatic hydroxyl groups excluding tert-OH is 1. The minimum absolute atomic E-state index is 0.254. The van der Waals surface area contributed by atoms with Crippen LogP contribution in [0.2, 0.25) is 0 Å². The van der Waals surface area contributed by atoms with Gasteiger partial charge in [0.2, 0.25) is 0 Å². The van der Waals surface area contributed by atoms with Crippen LogP contribution in [0.4, 0.5) is 5.69 Å². The predicted octanol–water partition coefficient (Wildman–Crippen LogP) is 2.15. The molecule has 90 valence electrons. The number of nitrogen functional groups attached to an aromatic ring is 1. The molecule has 0 spiro atoms. The van der Waals surface area contributed by atoms with E-state index in [9.17, 15) is 0 Å². The molecule has 0 aliphatic heterocycles. The Morgan fingerprint density at radius 3 is 3.00 bits per heavy atom. The Labute approximate surface area is 101 Å². The van der Waals surface area contributed by atoms with Crippen LogP contribution in [0.1, 0.15) is 13.3 Å². The van der Waals surface area contributed by atoms with Gasteiger partial charge in [-0.05, 0) is 18.6 Å². The summed E-state index contributed by atoms with van der Waals surface area (Å²) in [4.78, 5) is 0. The molecule has 0 bridgehead atoms. The van der Waals surface area contributed by atoms with Gasteiger partial charge in [0.15, 0.2) is 0 Å². The number of hydrogen-bond donors (Lipinski definition) is 2. The van der Waals surface area contributed by atoms with E-state index in [0.717, 1.165) is 23.6 Å². The van der Waals surface area contributed by atoms with Gasteiger partial charge >= 0.3 is 0 Å². The zero-order valence-electron chi connectivity index (χ0n) is 9.56. The van der Waals surface area contributed by atoms with Gasteiger partial charge in [-0.15, -0.1) is 0 Å². The fourth-order valence-electron chi connectivity index (χ4n) is 1.28. The first-order chi connectivity index (χ1) is 7.72. The molecule has 0 radical (unpaired) electrons. The molecule has 3 N–H and O–H groups in total. The maximum absolute atomic E-state index is 8.74. The van der Waals surface area contributed by atoms with Gasteiger partial charge in [0.25, 0.3) is 0 Å². The van der Waals surface area contributed by atoms with Crippen LogP contribution < -0.4 is 10.5 Å². The van der Waals surface area contributed by atoms with Crippen molar-refractivity contribution in [3.8, 4) is 5.75 Å². The topological polar surface area (TPSA) is 55.5 Å². The van der Waals surface area contributed by atoms with Crippen LogP contribution in [-0.2, 0) is 0 Å². The number of rotatable bonds is 7. The average Bonchev–Trinajstić information content (AvgIpc) is 2.25. The van der Waals surface area contributed by atoms with Crippen molar-refractivity contribution in [1.82, 2.24) is 0 Å². The highest BCUT2D eigenvalue weighted by atomic mass is 32.2. The zero-order chi connectivity index (χ0) is 11.8. The van der Waals surface area contributed by atoms with E-state index >= 15 is 0 Å². The molecule has 0 aliphatic carbocycles. The number of aliphatic hydroxyl groups is 1. The van der Waals surface area contributed by atoms with Crippen molar-refractivity contribution in [3.05, 3.63) is 24.3 Å². The van der Waals surface area contributed by atoms with Crippen molar-refractivity contribution in [1.29, 1.82) is 0 Å². The quantitative estimate of drug-likeness (QED) is 0.567. The van der Waals surface area contributed by atoms with Crippen LogP contribution in [0.5, 0.6) is 5.75 Å².